The van der Waals surface area contributed by atoms with Gasteiger partial charge in [-0.2, -0.15) is 0 Å². The Morgan fingerprint density at radius 2 is 1.80 bits per heavy atom. The average molecular weight is 425 g/mol. The van der Waals surface area contributed by atoms with Gasteiger partial charge in [0.25, 0.3) is 5.91 Å². The molecule has 0 fully saturated rings. The number of aliphatic hydroxyl groups is 1. The second-order valence-corrected chi connectivity index (χ2v) is 7.79. The fourth-order valence-electron chi connectivity index (χ4n) is 3.14. The highest BCUT2D eigenvalue weighted by Crippen LogP contribution is 2.27. The van der Waals surface area contributed by atoms with Crippen molar-refractivity contribution in [2.24, 2.45) is 0 Å². The number of benzene rings is 2. The summed E-state index contributed by atoms with van der Waals surface area (Å²) in [6.07, 6.45) is 3.12. The van der Waals surface area contributed by atoms with Gasteiger partial charge in [-0.1, -0.05) is 41.4 Å². The zero-order chi connectivity index (χ0) is 21.7. The van der Waals surface area contributed by atoms with E-state index >= 15 is 0 Å². The molecule has 7 nitrogen and oxygen atoms in total. The summed E-state index contributed by atoms with van der Waals surface area (Å²) in [5.74, 6) is -0.0200. The van der Waals surface area contributed by atoms with Crippen LogP contribution in [0.15, 0.2) is 54.9 Å². The van der Waals surface area contributed by atoms with Gasteiger partial charge >= 0.3 is 0 Å². The maximum absolute atomic E-state index is 13.1. The quantitative estimate of drug-likeness (QED) is 0.564. The molecule has 0 saturated carbocycles. The number of carbonyl (C=O) groups is 1. The molecule has 0 aliphatic heterocycles. The molecule has 3 rings (SSSR count). The number of amides is 1. The van der Waals surface area contributed by atoms with E-state index < -0.39 is 23.0 Å². The zero-order valence-electron chi connectivity index (χ0n) is 16.7. The lowest BCUT2D eigenvalue weighted by Gasteiger charge is -2.19. The van der Waals surface area contributed by atoms with Crippen molar-refractivity contribution in [3.8, 4) is 11.1 Å². The van der Waals surface area contributed by atoms with E-state index in [0.717, 1.165) is 11.1 Å². The minimum Gasteiger partial charge on any atom is -0.772 e. The number of hydrogen-bond donors (Lipinski definition) is 2. The van der Waals surface area contributed by atoms with Crippen LogP contribution in [-0.2, 0) is 16.8 Å². The van der Waals surface area contributed by atoms with Crippen LogP contribution >= 0.6 is 0 Å². The van der Waals surface area contributed by atoms with Crippen LogP contribution in [0.5, 0.6) is 0 Å². The molecule has 2 aromatic carbocycles. The number of aliphatic hydroxyl groups excluding tert-OH is 1. The first-order valence-corrected chi connectivity index (χ1v) is 10.6. The van der Waals surface area contributed by atoms with Crippen LogP contribution in [0.3, 0.4) is 0 Å². The number of aryl methyl sites for hydroxylation is 1. The van der Waals surface area contributed by atoms with E-state index in [1.807, 2.05) is 30.3 Å². The summed E-state index contributed by atoms with van der Waals surface area (Å²) >= 11 is -2.30. The maximum Gasteiger partial charge on any atom is 0.252 e. The highest BCUT2D eigenvalue weighted by Gasteiger charge is 2.19. The average Bonchev–Trinajstić information content (AvgIpc) is 2.74. The molecule has 0 saturated heterocycles. The maximum atomic E-state index is 13.1. The summed E-state index contributed by atoms with van der Waals surface area (Å²) in [7, 11) is 0. The van der Waals surface area contributed by atoms with Crippen LogP contribution in [0.25, 0.3) is 11.1 Å². The van der Waals surface area contributed by atoms with Gasteiger partial charge in [0.05, 0.1) is 12.6 Å². The van der Waals surface area contributed by atoms with Gasteiger partial charge in [0, 0.05) is 29.3 Å². The summed E-state index contributed by atoms with van der Waals surface area (Å²) in [6, 6.07) is 12.3. The van der Waals surface area contributed by atoms with Crippen molar-refractivity contribution in [3.05, 3.63) is 82.9 Å². The summed E-state index contributed by atoms with van der Waals surface area (Å²) < 4.78 is 22.7. The molecule has 2 atom stereocenters. The second kappa shape index (κ2) is 9.71. The standard InChI is InChI=1S/C22H23N3O4S/c1-14-18(13-30(28)29)8-17(16-6-4-3-5-7-16)9-20(14)22(27)25-21(12-26)19-10-23-15(2)24-11-19/h3-11,21,26H,12-13H2,1-2H3,(H,25,27)(H,28,29)/p-1/t21-/m1/s1. The van der Waals surface area contributed by atoms with Crippen molar-refractivity contribution in [1.82, 2.24) is 15.3 Å². The molecule has 156 valence electrons. The molecule has 1 amide bonds. The van der Waals surface area contributed by atoms with Gasteiger partial charge in [-0.3, -0.25) is 9.00 Å². The smallest absolute Gasteiger partial charge is 0.252 e. The number of nitrogens with one attached hydrogen (secondary N) is 1. The summed E-state index contributed by atoms with van der Waals surface area (Å²) in [5, 5.41) is 12.6. The molecular weight excluding hydrogens is 402 g/mol. The summed E-state index contributed by atoms with van der Waals surface area (Å²) in [5.41, 5.74) is 3.67. The lowest BCUT2D eigenvalue weighted by atomic mass is 9.95. The fraction of sp³-hybridized carbons (Fsp3) is 0.227. The summed E-state index contributed by atoms with van der Waals surface area (Å²) in [4.78, 5) is 21.3. The van der Waals surface area contributed by atoms with Gasteiger partial charge in [0.1, 0.15) is 5.82 Å². The lowest BCUT2D eigenvalue weighted by molar-refractivity contribution is 0.0915. The summed E-state index contributed by atoms with van der Waals surface area (Å²) in [6.45, 7) is 3.14. The molecule has 2 N–H and O–H groups in total. The topological polar surface area (TPSA) is 115 Å². The third-order valence-corrected chi connectivity index (χ3v) is 5.38. The Morgan fingerprint density at radius 1 is 1.13 bits per heavy atom. The van der Waals surface area contributed by atoms with Crippen molar-refractivity contribution in [3.63, 3.8) is 0 Å². The van der Waals surface area contributed by atoms with E-state index in [-0.39, 0.29) is 12.4 Å². The van der Waals surface area contributed by atoms with E-state index in [4.69, 9.17) is 0 Å². The number of aromatic nitrogens is 2. The van der Waals surface area contributed by atoms with Crippen LogP contribution in [0.2, 0.25) is 0 Å². The highest BCUT2D eigenvalue weighted by atomic mass is 32.2. The van der Waals surface area contributed by atoms with Crippen molar-refractivity contribution < 1.29 is 18.7 Å². The molecule has 8 heteroatoms. The molecular formula is C22H22N3O4S-. The molecule has 0 aliphatic rings. The number of rotatable bonds is 7. The number of carbonyl (C=O) groups excluding carboxylic acids is 1. The van der Waals surface area contributed by atoms with Crippen molar-refractivity contribution >= 4 is 17.0 Å². The molecule has 0 radical (unpaired) electrons. The van der Waals surface area contributed by atoms with Crippen LogP contribution in [0.1, 0.15) is 38.9 Å². The van der Waals surface area contributed by atoms with Gasteiger partial charge in [0.15, 0.2) is 0 Å². The van der Waals surface area contributed by atoms with Gasteiger partial charge in [-0.15, -0.1) is 0 Å². The number of nitrogens with zero attached hydrogens (tertiary/aromatic N) is 2. The Morgan fingerprint density at radius 3 is 2.40 bits per heavy atom. The first kappa shape index (κ1) is 21.8. The Balaban J connectivity index is 1.99. The molecule has 1 aromatic heterocycles. The van der Waals surface area contributed by atoms with E-state index in [9.17, 15) is 18.7 Å². The highest BCUT2D eigenvalue weighted by molar-refractivity contribution is 7.78. The van der Waals surface area contributed by atoms with Crippen molar-refractivity contribution in [2.45, 2.75) is 25.6 Å². The zero-order valence-corrected chi connectivity index (χ0v) is 17.5. The molecule has 0 bridgehead atoms. The Kier molecular flexibility index (Phi) is 7.04. The molecule has 1 unspecified atom stereocenters. The van der Waals surface area contributed by atoms with Gasteiger partial charge in [-0.05, 0) is 48.2 Å². The Bertz CT molecular complexity index is 1060. The van der Waals surface area contributed by atoms with Gasteiger partial charge < -0.3 is 15.0 Å². The van der Waals surface area contributed by atoms with Crippen LogP contribution in [-0.4, -0.2) is 36.4 Å². The van der Waals surface area contributed by atoms with Crippen molar-refractivity contribution in [1.29, 1.82) is 0 Å². The SMILES string of the molecule is Cc1ncc([C@@H](CO)NC(=O)c2cc(-c3ccccc3)cc(CS(=O)[O-])c2C)cn1. The number of hydrogen-bond acceptors (Lipinski definition) is 6. The molecule has 0 spiro atoms. The Hall–Kier alpha value is -2.94. The minimum absolute atomic E-state index is 0.192. The molecule has 3 aromatic rings. The molecule has 0 aliphatic carbocycles. The minimum atomic E-state index is -2.30. The van der Waals surface area contributed by atoms with Gasteiger partial charge in [0.2, 0.25) is 0 Å². The fourth-order valence-corrected chi connectivity index (χ4v) is 3.69. The third kappa shape index (κ3) is 5.15. The predicted octanol–water partition coefficient (Wildman–Crippen LogP) is 2.60. The van der Waals surface area contributed by atoms with E-state index in [0.29, 0.717) is 28.1 Å². The molecule has 1 heterocycles. The third-order valence-electron chi connectivity index (χ3n) is 4.83. The van der Waals surface area contributed by atoms with Crippen LogP contribution < -0.4 is 5.32 Å². The van der Waals surface area contributed by atoms with E-state index in [2.05, 4.69) is 15.3 Å². The normalized spacial score (nSPS) is 12.9. The van der Waals surface area contributed by atoms with E-state index in [1.54, 1.807) is 38.4 Å². The molecule has 30 heavy (non-hydrogen) atoms. The van der Waals surface area contributed by atoms with Crippen LogP contribution in [0, 0.1) is 13.8 Å². The lowest BCUT2D eigenvalue weighted by Crippen LogP contribution is -2.31. The monoisotopic (exact) mass is 424 g/mol. The van der Waals surface area contributed by atoms with Crippen molar-refractivity contribution in [2.75, 3.05) is 6.61 Å². The largest absolute Gasteiger partial charge is 0.772 e. The Labute approximate surface area is 177 Å². The van der Waals surface area contributed by atoms with Crippen LogP contribution in [0.4, 0.5) is 0 Å². The predicted molar refractivity (Wildman–Crippen MR) is 113 cm³/mol. The van der Waals surface area contributed by atoms with Gasteiger partial charge in [-0.25, -0.2) is 9.97 Å². The second-order valence-electron chi connectivity index (χ2n) is 6.89. The van der Waals surface area contributed by atoms with E-state index in [1.165, 1.54) is 0 Å². The first-order valence-electron chi connectivity index (χ1n) is 9.34. The first-order chi connectivity index (χ1) is 14.4.